The zero-order valence-corrected chi connectivity index (χ0v) is 10.2. The van der Waals surface area contributed by atoms with Crippen molar-refractivity contribution in [3.05, 3.63) is 48.5 Å². The molecule has 18 heavy (non-hydrogen) atoms. The molecular formula is C14H14N4. The van der Waals surface area contributed by atoms with Gasteiger partial charge in [0, 0.05) is 35.9 Å². The fourth-order valence-electron chi connectivity index (χ4n) is 2.19. The summed E-state index contributed by atoms with van der Waals surface area (Å²) < 4.78 is 2.11. The van der Waals surface area contributed by atoms with Crippen LogP contribution in [0.15, 0.2) is 42.7 Å². The van der Waals surface area contributed by atoms with Gasteiger partial charge in [0.15, 0.2) is 0 Å². The number of aromatic nitrogens is 3. The summed E-state index contributed by atoms with van der Waals surface area (Å²) in [6.07, 6.45) is 3.85. The lowest BCUT2D eigenvalue weighted by Crippen LogP contribution is -2.02. The van der Waals surface area contributed by atoms with Gasteiger partial charge in [-0.1, -0.05) is 18.2 Å². The van der Waals surface area contributed by atoms with Crippen LogP contribution >= 0.6 is 0 Å². The van der Waals surface area contributed by atoms with Crippen molar-refractivity contribution in [3.63, 3.8) is 0 Å². The zero-order valence-electron chi connectivity index (χ0n) is 10.2. The summed E-state index contributed by atoms with van der Waals surface area (Å²) >= 11 is 0. The second kappa shape index (κ2) is 4.23. The van der Waals surface area contributed by atoms with Crippen LogP contribution in [0.1, 0.15) is 5.82 Å². The Morgan fingerprint density at radius 1 is 1.22 bits per heavy atom. The molecule has 0 spiro atoms. The van der Waals surface area contributed by atoms with Gasteiger partial charge in [0.2, 0.25) is 0 Å². The topological polar surface area (TPSA) is 56.7 Å². The van der Waals surface area contributed by atoms with Crippen LogP contribution in [-0.4, -0.2) is 14.5 Å². The van der Waals surface area contributed by atoms with E-state index in [1.54, 1.807) is 6.20 Å². The van der Waals surface area contributed by atoms with Gasteiger partial charge in [0.1, 0.15) is 5.82 Å². The van der Waals surface area contributed by atoms with Crippen LogP contribution in [0.25, 0.3) is 22.2 Å². The number of nitrogens with two attached hydrogens (primary N) is 1. The number of benzene rings is 1. The molecule has 3 aromatic rings. The maximum absolute atomic E-state index is 5.58. The predicted octanol–water partition coefficient (Wildman–Crippen LogP) is 2.09. The number of aryl methyl sites for hydroxylation is 1. The Labute approximate surface area is 105 Å². The van der Waals surface area contributed by atoms with Crippen molar-refractivity contribution in [1.82, 2.24) is 14.5 Å². The highest BCUT2D eigenvalue weighted by atomic mass is 14.9. The van der Waals surface area contributed by atoms with Crippen molar-refractivity contribution >= 4 is 10.9 Å². The molecule has 0 amide bonds. The third-order valence-electron chi connectivity index (χ3n) is 3.06. The number of nitrogens with zero attached hydrogens (tertiary/aromatic N) is 3. The molecule has 4 heteroatoms. The van der Waals surface area contributed by atoms with Crippen molar-refractivity contribution in [3.8, 4) is 11.3 Å². The maximum atomic E-state index is 5.58. The van der Waals surface area contributed by atoms with Gasteiger partial charge in [0.05, 0.1) is 12.2 Å². The number of para-hydroxylation sites is 1. The smallest absolute Gasteiger partial charge is 0.142 e. The molecule has 0 bridgehead atoms. The first-order valence-corrected chi connectivity index (χ1v) is 5.86. The second-order valence-electron chi connectivity index (χ2n) is 4.23. The number of hydrogen-bond donors (Lipinski definition) is 1. The van der Waals surface area contributed by atoms with Gasteiger partial charge >= 0.3 is 0 Å². The number of hydrogen-bond acceptors (Lipinski definition) is 3. The Kier molecular flexibility index (Phi) is 2.57. The summed E-state index contributed by atoms with van der Waals surface area (Å²) in [5, 5.41) is 1.20. The van der Waals surface area contributed by atoms with Crippen molar-refractivity contribution in [2.45, 2.75) is 6.54 Å². The predicted molar refractivity (Wildman–Crippen MR) is 71.8 cm³/mol. The maximum Gasteiger partial charge on any atom is 0.142 e. The zero-order chi connectivity index (χ0) is 12.5. The summed E-state index contributed by atoms with van der Waals surface area (Å²) in [5.41, 5.74) is 8.81. The van der Waals surface area contributed by atoms with E-state index in [1.165, 1.54) is 10.9 Å². The molecule has 0 aliphatic rings. The lowest BCUT2D eigenvalue weighted by molar-refractivity contribution is 0.911. The highest BCUT2D eigenvalue weighted by molar-refractivity contribution is 5.95. The van der Waals surface area contributed by atoms with Crippen LogP contribution in [0.5, 0.6) is 0 Å². The van der Waals surface area contributed by atoms with Gasteiger partial charge in [0.25, 0.3) is 0 Å². The highest BCUT2D eigenvalue weighted by Crippen LogP contribution is 2.28. The Hall–Kier alpha value is -2.20. The van der Waals surface area contributed by atoms with Crippen LogP contribution in [0.2, 0.25) is 0 Å². The third-order valence-corrected chi connectivity index (χ3v) is 3.06. The number of rotatable bonds is 2. The normalized spacial score (nSPS) is 11.0. The van der Waals surface area contributed by atoms with Crippen LogP contribution < -0.4 is 5.73 Å². The Balaban J connectivity index is 2.25. The second-order valence-corrected chi connectivity index (χ2v) is 4.23. The number of fused-ring (bicyclic) bond motifs is 1. The molecule has 3 rings (SSSR count). The largest absolute Gasteiger partial charge is 0.350 e. The molecule has 2 heterocycles. The molecule has 0 fully saturated rings. The van der Waals surface area contributed by atoms with Crippen molar-refractivity contribution in [2.24, 2.45) is 12.8 Å². The van der Waals surface area contributed by atoms with Crippen molar-refractivity contribution < 1.29 is 0 Å². The van der Waals surface area contributed by atoms with E-state index in [0.717, 1.165) is 11.3 Å². The molecule has 4 nitrogen and oxygen atoms in total. The summed E-state index contributed by atoms with van der Waals surface area (Å²) in [7, 11) is 2.04. The lowest BCUT2D eigenvalue weighted by atomic mass is 10.1. The van der Waals surface area contributed by atoms with Crippen molar-refractivity contribution in [1.29, 1.82) is 0 Å². The van der Waals surface area contributed by atoms with E-state index in [1.807, 2.05) is 25.2 Å². The quantitative estimate of drug-likeness (QED) is 0.743. The molecule has 0 aliphatic carbocycles. The van der Waals surface area contributed by atoms with Gasteiger partial charge in [-0.3, -0.25) is 0 Å². The minimum Gasteiger partial charge on any atom is -0.350 e. The first-order valence-electron chi connectivity index (χ1n) is 5.86. The van der Waals surface area contributed by atoms with E-state index < -0.39 is 0 Å². The Morgan fingerprint density at radius 3 is 2.89 bits per heavy atom. The van der Waals surface area contributed by atoms with E-state index in [2.05, 4.69) is 32.9 Å². The first-order chi connectivity index (χ1) is 8.79. The van der Waals surface area contributed by atoms with Crippen molar-refractivity contribution in [2.75, 3.05) is 0 Å². The molecule has 2 aromatic heterocycles. The molecule has 0 saturated heterocycles. The van der Waals surface area contributed by atoms with Gasteiger partial charge < -0.3 is 10.3 Å². The summed E-state index contributed by atoms with van der Waals surface area (Å²) in [6, 6.07) is 10.2. The molecule has 2 N–H and O–H groups in total. The van der Waals surface area contributed by atoms with Gasteiger partial charge in [-0.2, -0.15) is 0 Å². The van der Waals surface area contributed by atoms with Crippen LogP contribution in [-0.2, 0) is 13.6 Å². The van der Waals surface area contributed by atoms with E-state index in [4.69, 9.17) is 5.73 Å². The van der Waals surface area contributed by atoms with Gasteiger partial charge in [-0.05, 0) is 12.1 Å². The fourth-order valence-corrected chi connectivity index (χ4v) is 2.19. The molecular weight excluding hydrogens is 224 g/mol. The molecule has 0 atom stereocenters. The monoisotopic (exact) mass is 238 g/mol. The SMILES string of the molecule is Cn1cc(-c2ccnc(CN)n2)c2ccccc21. The van der Waals surface area contributed by atoms with Crippen LogP contribution in [0.4, 0.5) is 0 Å². The van der Waals surface area contributed by atoms with Crippen LogP contribution in [0, 0.1) is 0 Å². The summed E-state index contributed by atoms with van der Waals surface area (Å²) in [6.45, 7) is 0.360. The summed E-state index contributed by atoms with van der Waals surface area (Å²) in [5.74, 6) is 0.667. The average molecular weight is 238 g/mol. The van der Waals surface area contributed by atoms with Crippen LogP contribution in [0.3, 0.4) is 0 Å². The summed E-state index contributed by atoms with van der Waals surface area (Å²) in [4.78, 5) is 8.60. The standard InChI is InChI=1S/C14H14N4/c1-18-9-11(10-4-2-3-5-13(10)18)12-6-7-16-14(8-15)17-12/h2-7,9H,8,15H2,1H3. The fraction of sp³-hybridized carbons (Fsp3) is 0.143. The Morgan fingerprint density at radius 2 is 2.06 bits per heavy atom. The lowest BCUT2D eigenvalue weighted by Gasteiger charge is -2.00. The van der Waals surface area contributed by atoms with E-state index in [0.29, 0.717) is 12.4 Å². The molecule has 0 aliphatic heterocycles. The molecule has 90 valence electrons. The average Bonchev–Trinajstić information content (AvgIpc) is 2.77. The van der Waals surface area contributed by atoms with E-state index in [-0.39, 0.29) is 0 Å². The van der Waals surface area contributed by atoms with Gasteiger partial charge in [-0.25, -0.2) is 9.97 Å². The molecule has 1 aromatic carbocycles. The minimum absolute atomic E-state index is 0.360. The van der Waals surface area contributed by atoms with E-state index >= 15 is 0 Å². The molecule has 0 saturated carbocycles. The highest BCUT2D eigenvalue weighted by Gasteiger charge is 2.09. The molecule has 0 radical (unpaired) electrons. The first kappa shape index (κ1) is 10.9. The Bertz CT molecular complexity index is 700. The van der Waals surface area contributed by atoms with Gasteiger partial charge in [-0.15, -0.1) is 0 Å². The minimum atomic E-state index is 0.360. The van der Waals surface area contributed by atoms with E-state index in [9.17, 15) is 0 Å². The molecule has 0 unspecified atom stereocenters. The third kappa shape index (κ3) is 1.67.